The van der Waals surface area contributed by atoms with Crippen molar-refractivity contribution in [3.8, 4) is 0 Å². The van der Waals surface area contributed by atoms with E-state index < -0.39 is 17.2 Å². The summed E-state index contributed by atoms with van der Waals surface area (Å²) in [5.41, 5.74) is -2.34. The second-order valence-corrected chi connectivity index (χ2v) is 9.05. The monoisotopic (exact) mass is 294 g/mol. The highest BCUT2D eigenvalue weighted by molar-refractivity contribution is 5.81. The van der Waals surface area contributed by atoms with Gasteiger partial charge in [-0.25, -0.2) is 9.18 Å². The first-order valence-electron chi connectivity index (χ1n) is 8.66. The zero-order valence-corrected chi connectivity index (χ0v) is 13.6. The van der Waals surface area contributed by atoms with Crippen molar-refractivity contribution < 1.29 is 13.9 Å². The third-order valence-electron chi connectivity index (χ3n) is 7.09. The molecule has 0 amide bonds. The summed E-state index contributed by atoms with van der Waals surface area (Å²) in [6.07, 6.45) is 4.81. The van der Waals surface area contributed by atoms with Crippen molar-refractivity contribution in [3.05, 3.63) is 0 Å². The molecular formula is C18H27FO2. The van der Waals surface area contributed by atoms with Crippen LogP contribution in [0, 0.1) is 41.4 Å². The van der Waals surface area contributed by atoms with Crippen molar-refractivity contribution in [1.29, 1.82) is 0 Å². The Morgan fingerprint density at radius 3 is 2.38 bits per heavy atom. The van der Waals surface area contributed by atoms with Crippen molar-refractivity contribution in [2.45, 2.75) is 64.6 Å². The smallest absolute Gasteiger partial charge is 0.345 e. The Morgan fingerprint density at radius 2 is 1.76 bits per heavy atom. The zero-order chi connectivity index (χ0) is 15.2. The number of hydrogen-bond acceptors (Lipinski definition) is 2. The lowest BCUT2D eigenvalue weighted by Gasteiger charge is -2.45. The third-order valence-corrected chi connectivity index (χ3v) is 7.09. The number of carbonyl (C=O) groups is 1. The topological polar surface area (TPSA) is 26.3 Å². The minimum Gasteiger partial charge on any atom is -0.458 e. The minimum atomic E-state index is -1.73. The highest BCUT2D eigenvalue weighted by Crippen LogP contribution is 2.72. The molecule has 2 nitrogen and oxygen atoms in total. The van der Waals surface area contributed by atoms with Crippen LogP contribution in [0.5, 0.6) is 0 Å². The first kappa shape index (κ1) is 14.0. The number of hydrogen-bond donors (Lipinski definition) is 0. The molecule has 4 saturated carbocycles. The summed E-state index contributed by atoms with van der Waals surface area (Å²) in [7, 11) is 0. The SMILES string of the molecule is CC1C2CC(C3C4CCC(C4)C23)C1(F)C(=O)OC(C)(C)C. The average molecular weight is 294 g/mol. The van der Waals surface area contributed by atoms with E-state index in [2.05, 4.69) is 0 Å². The molecule has 8 atom stereocenters. The number of carbonyl (C=O) groups excluding carboxylic acids is 1. The molecule has 4 fully saturated rings. The van der Waals surface area contributed by atoms with Crippen LogP contribution < -0.4 is 0 Å². The molecule has 0 aromatic carbocycles. The van der Waals surface area contributed by atoms with Gasteiger partial charge in [0, 0.05) is 11.8 Å². The van der Waals surface area contributed by atoms with E-state index in [4.69, 9.17) is 4.74 Å². The van der Waals surface area contributed by atoms with E-state index in [-0.39, 0.29) is 11.8 Å². The van der Waals surface area contributed by atoms with Crippen LogP contribution in [0.3, 0.4) is 0 Å². The summed E-state index contributed by atoms with van der Waals surface area (Å²) in [6.45, 7) is 7.43. The van der Waals surface area contributed by atoms with Crippen LogP contribution in [-0.2, 0) is 9.53 Å². The maximum Gasteiger partial charge on any atom is 0.345 e. The van der Waals surface area contributed by atoms with E-state index in [0.29, 0.717) is 23.7 Å². The molecule has 0 aromatic heterocycles. The fourth-order valence-corrected chi connectivity index (χ4v) is 6.55. The number of esters is 1. The molecule has 0 N–H and O–H groups in total. The Bertz CT molecular complexity index is 482. The van der Waals surface area contributed by atoms with Gasteiger partial charge in [-0.2, -0.15) is 0 Å². The van der Waals surface area contributed by atoms with Crippen molar-refractivity contribution >= 4 is 5.97 Å². The standard InChI is InChI=1S/C18H27FO2/c1-9-12-8-13(15-11-6-5-10(7-11)14(12)15)18(9,19)16(20)21-17(2,3)4/h9-15H,5-8H2,1-4H3. The molecule has 0 aliphatic heterocycles. The highest BCUT2D eigenvalue weighted by atomic mass is 19.1. The molecular weight excluding hydrogens is 267 g/mol. The molecule has 4 bridgehead atoms. The number of rotatable bonds is 1. The Labute approximate surface area is 126 Å². The van der Waals surface area contributed by atoms with Gasteiger partial charge in [0.05, 0.1) is 0 Å². The lowest BCUT2D eigenvalue weighted by molar-refractivity contribution is -0.182. The molecule has 0 radical (unpaired) electrons. The van der Waals surface area contributed by atoms with Gasteiger partial charge in [-0.05, 0) is 76.0 Å². The van der Waals surface area contributed by atoms with Crippen molar-refractivity contribution in [1.82, 2.24) is 0 Å². The molecule has 0 heterocycles. The van der Waals surface area contributed by atoms with Gasteiger partial charge in [0.15, 0.2) is 0 Å². The Kier molecular flexibility index (Phi) is 2.69. The fourth-order valence-electron chi connectivity index (χ4n) is 6.55. The number of fused-ring (bicyclic) bond motifs is 9. The normalized spacial score (nSPS) is 54.0. The summed E-state index contributed by atoms with van der Waals surface area (Å²) in [6, 6.07) is 0. The van der Waals surface area contributed by atoms with E-state index in [1.54, 1.807) is 0 Å². The van der Waals surface area contributed by atoms with E-state index >= 15 is 4.39 Å². The molecule has 8 unspecified atom stereocenters. The molecule has 4 aliphatic carbocycles. The summed E-state index contributed by atoms with van der Waals surface area (Å²) in [4.78, 5) is 12.6. The van der Waals surface area contributed by atoms with Crippen molar-refractivity contribution in [2.75, 3.05) is 0 Å². The quantitative estimate of drug-likeness (QED) is 0.540. The average Bonchev–Trinajstić information content (AvgIpc) is 3.08. The molecule has 0 saturated heterocycles. The van der Waals surface area contributed by atoms with Gasteiger partial charge in [0.25, 0.3) is 0 Å². The van der Waals surface area contributed by atoms with Gasteiger partial charge in [0.2, 0.25) is 5.67 Å². The molecule has 4 rings (SSSR count). The molecule has 21 heavy (non-hydrogen) atoms. The fraction of sp³-hybridized carbons (Fsp3) is 0.944. The van der Waals surface area contributed by atoms with Gasteiger partial charge in [-0.1, -0.05) is 6.92 Å². The lowest BCUT2D eigenvalue weighted by atomic mass is 9.62. The predicted octanol–water partition coefficient (Wildman–Crippen LogP) is 3.98. The Balaban J connectivity index is 1.65. The number of alkyl halides is 1. The summed E-state index contributed by atoms with van der Waals surface area (Å²) >= 11 is 0. The van der Waals surface area contributed by atoms with E-state index in [9.17, 15) is 4.79 Å². The summed E-state index contributed by atoms with van der Waals surface area (Å²) in [5.74, 6) is 2.24. The summed E-state index contributed by atoms with van der Waals surface area (Å²) < 4.78 is 21.3. The van der Waals surface area contributed by atoms with Crippen molar-refractivity contribution in [3.63, 3.8) is 0 Å². The second kappa shape index (κ2) is 4.02. The molecule has 0 aromatic rings. The van der Waals surface area contributed by atoms with Gasteiger partial charge in [-0.15, -0.1) is 0 Å². The maximum atomic E-state index is 15.8. The van der Waals surface area contributed by atoms with Crippen LogP contribution >= 0.6 is 0 Å². The van der Waals surface area contributed by atoms with Gasteiger partial charge < -0.3 is 4.74 Å². The largest absolute Gasteiger partial charge is 0.458 e. The zero-order valence-electron chi connectivity index (χ0n) is 13.6. The molecule has 3 heteroatoms. The third kappa shape index (κ3) is 1.66. The molecule has 118 valence electrons. The highest BCUT2D eigenvalue weighted by Gasteiger charge is 2.73. The number of ether oxygens (including phenoxy) is 1. The minimum absolute atomic E-state index is 0.0763. The van der Waals surface area contributed by atoms with Crippen LogP contribution in [0.15, 0.2) is 0 Å². The predicted molar refractivity (Wildman–Crippen MR) is 78.3 cm³/mol. The summed E-state index contributed by atoms with van der Waals surface area (Å²) in [5, 5.41) is 0. The Hall–Kier alpha value is -0.600. The lowest BCUT2D eigenvalue weighted by Crippen LogP contribution is -2.54. The van der Waals surface area contributed by atoms with Gasteiger partial charge in [-0.3, -0.25) is 0 Å². The van der Waals surface area contributed by atoms with E-state index in [1.165, 1.54) is 19.3 Å². The van der Waals surface area contributed by atoms with Crippen LogP contribution in [0.25, 0.3) is 0 Å². The molecule has 4 aliphatic rings. The Morgan fingerprint density at radius 1 is 1.14 bits per heavy atom. The van der Waals surface area contributed by atoms with Crippen molar-refractivity contribution in [2.24, 2.45) is 41.4 Å². The number of halogens is 1. The molecule has 0 spiro atoms. The van der Waals surface area contributed by atoms with Gasteiger partial charge >= 0.3 is 5.97 Å². The second-order valence-electron chi connectivity index (χ2n) is 9.05. The van der Waals surface area contributed by atoms with Gasteiger partial charge in [0.1, 0.15) is 5.60 Å². The van der Waals surface area contributed by atoms with Crippen LogP contribution in [0.1, 0.15) is 53.4 Å². The maximum absolute atomic E-state index is 15.8. The van der Waals surface area contributed by atoms with Crippen LogP contribution in [-0.4, -0.2) is 17.2 Å². The van der Waals surface area contributed by atoms with Crippen LogP contribution in [0.2, 0.25) is 0 Å². The van der Waals surface area contributed by atoms with Crippen LogP contribution in [0.4, 0.5) is 4.39 Å². The first-order chi connectivity index (χ1) is 9.73. The van der Waals surface area contributed by atoms with E-state index in [0.717, 1.165) is 12.3 Å². The van der Waals surface area contributed by atoms with E-state index in [1.807, 2.05) is 27.7 Å². The first-order valence-corrected chi connectivity index (χ1v) is 8.66.